The van der Waals surface area contributed by atoms with Crippen LogP contribution < -0.4 is 10.6 Å². The van der Waals surface area contributed by atoms with Gasteiger partial charge >= 0.3 is 0 Å². The number of hydrogen-bond acceptors (Lipinski definition) is 1. The minimum absolute atomic E-state index is 1.02. The minimum Gasteiger partial charge on any atom is -0.455 e. The normalized spacial score (nSPS) is 15.0. The Balaban J connectivity index is 2.48. The third-order valence-corrected chi connectivity index (χ3v) is 4.19. The molecule has 0 saturated heterocycles. The van der Waals surface area contributed by atoms with Gasteiger partial charge in [0, 0.05) is 14.2 Å². The van der Waals surface area contributed by atoms with Crippen molar-refractivity contribution in [3.05, 3.63) is 34.4 Å². The molecule has 0 spiro atoms. The maximum Gasteiger partial charge on any atom is 0.144 e. The fourth-order valence-corrected chi connectivity index (χ4v) is 2.96. The summed E-state index contributed by atoms with van der Waals surface area (Å²) in [6.07, 6.45) is 5.64. The topological polar surface area (TPSA) is 13.1 Å². The number of benzene rings is 1. The highest BCUT2D eigenvalue weighted by Gasteiger charge is 2.09. The van der Waals surface area contributed by atoms with Crippen LogP contribution in [0.4, 0.5) is 0 Å². The zero-order valence-electron chi connectivity index (χ0n) is 9.22. The first kappa shape index (κ1) is 10.4. The largest absolute Gasteiger partial charge is 0.455 e. The molecule has 0 N–H and O–H groups in total. The van der Waals surface area contributed by atoms with E-state index in [2.05, 4.69) is 53.8 Å². The van der Waals surface area contributed by atoms with Crippen LogP contribution >= 0.6 is 22.6 Å². The monoisotopic (exact) mass is 324 g/mol. The maximum atomic E-state index is 5.93. The van der Waals surface area contributed by atoms with E-state index in [-0.39, 0.29) is 0 Å². The third-order valence-electron chi connectivity index (χ3n) is 3.16. The molecule has 1 aromatic carbocycles. The predicted octanol–water partition coefficient (Wildman–Crippen LogP) is 3.11. The highest BCUT2D eigenvalue weighted by atomic mass is 127. The van der Waals surface area contributed by atoms with Crippen LogP contribution in [0.15, 0.2) is 22.6 Å². The number of aryl methyl sites for hydroxylation is 1. The highest BCUT2D eigenvalue weighted by Crippen LogP contribution is 2.19. The van der Waals surface area contributed by atoms with Crippen LogP contribution in [-0.4, -0.2) is 0 Å². The van der Waals surface area contributed by atoms with Gasteiger partial charge in [-0.25, -0.2) is 0 Å². The van der Waals surface area contributed by atoms with Crippen LogP contribution in [0.2, 0.25) is 0 Å². The SMILES string of the molecule is CCc1ccc2oc3c(c2c1)=CCCC=3I. The lowest BCUT2D eigenvalue weighted by molar-refractivity contribution is 0.571. The van der Waals surface area contributed by atoms with Crippen molar-refractivity contribution in [3.63, 3.8) is 0 Å². The molecule has 0 atom stereocenters. The lowest BCUT2D eigenvalue weighted by Gasteiger charge is -1.98. The molecule has 1 aliphatic carbocycles. The van der Waals surface area contributed by atoms with Gasteiger partial charge in [-0.05, 0) is 59.5 Å². The summed E-state index contributed by atoms with van der Waals surface area (Å²) in [7, 11) is 0. The van der Waals surface area contributed by atoms with Crippen LogP contribution in [0.3, 0.4) is 0 Å². The first-order chi connectivity index (χ1) is 7.79. The van der Waals surface area contributed by atoms with Crippen molar-refractivity contribution in [1.29, 1.82) is 0 Å². The summed E-state index contributed by atoms with van der Waals surface area (Å²) in [6.45, 7) is 2.19. The van der Waals surface area contributed by atoms with E-state index in [0.29, 0.717) is 0 Å². The van der Waals surface area contributed by atoms with Crippen molar-refractivity contribution in [2.24, 2.45) is 0 Å². The first-order valence-electron chi connectivity index (χ1n) is 5.70. The van der Waals surface area contributed by atoms with Crippen molar-refractivity contribution >= 4 is 43.2 Å². The van der Waals surface area contributed by atoms with E-state index < -0.39 is 0 Å². The molecular formula is C14H13IO. The number of hydrogen-bond donors (Lipinski definition) is 0. The second kappa shape index (κ2) is 3.91. The van der Waals surface area contributed by atoms with Crippen LogP contribution in [0, 0.1) is 0 Å². The summed E-state index contributed by atoms with van der Waals surface area (Å²) in [5, 5.41) is 2.59. The van der Waals surface area contributed by atoms with Gasteiger partial charge in [0.25, 0.3) is 0 Å². The average Bonchev–Trinajstić information content (AvgIpc) is 2.68. The molecule has 0 fully saturated rings. The Bertz CT molecular complexity index is 664. The van der Waals surface area contributed by atoms with E-state index in [1.54, 1.807) is 0 Å². The molecule has 1 aliphatic rings. The average molecular weight is 324 g/mol. The minimum atomic E-state index is 1.02. The van der Waals surface area contributed by atoms with Crippen LogP contribution in [0.25, 0.3) is 20.6 Å². The van der Waals surface area contributed by atoms with Crippen molar-refractivity contribution in [2.45, 2.75) is 26.2 Å². The molecule has 3 rings (SSSR count). The predicted molar refractivity (Wildman–Crippen MR) is 76.0 cm³/mol. The van der Waals surface area contributed by atoms with Gasteiger partial charge < -0.3 is 4.42 Å². The Labute approximate surface area is 108 Å². The Morgan fingerprint density at radius 3 is 3.06 bits per heavy atom. The van der Waals surface area contributed by atoms with Crippen molar-refractivity contribution in [3.8, 4) is 0 Å². The molecule has 0 saturated carbocycles. The second-order valence-corrected chi connectivity index (χ2v) is 5.48. The standard InChI is InChI=1S/C14H13IO/c1-2-9-6-7-13-11(8-9)10-4-3-5-12(15)14(10)16-13/h4,6-8H,2-3,5H2,1H3. The van der Waals surface area contributed by atoms with Gasteiger partial charge in [0.15, 0.2) is 0 Å². The molecule has 2 heteroatoms. The van der Waals surface area contributed by atoms with E-state index in [4.69, 9.17) is 4.42 Å². The van der Waals surface area contributed by atoms with E-state index in [0.717, 1.165) is 30.3 Å². The molecule has 1 aromatic heterocycles. The van der Waals surface area contributed by atoms with Gasteiger partial charge in [0.05, 0.1) is 0 Å². The first-order valence-corrected chi connectivity index (χ1v) is 6.78. The number of fused-ring (bicyclic) bond motifs is 3. The highest BCUT2D eigenvalue weighted by molar-refractivity contribution is 14.1. The van der Waals surface area contributed by atoms with E-state index >= 15 is 0 Å². The number of rotatable bonds is 1. The molecule has 2 aromatic rings. The Morgan fingerprint density at radius 1 is 1.38 bits per heavy atom. The second-order valence-electron chi connectivity index (χ2n) is 4.18. The lowest BCUT2D eigenvalue weighted by Crippen LogP contribution is -2.24. The Hall–Kier alpha value is -0.770. The van der Waals surface area contributed by atoms with E-state index in [9.17, 15) is 0 Å². The van der Waals surface area contributed by atoms with Gasteiger partial charge in [-0.3, -0.25) is 0 Å². The number of furan rings is 1. The van der Waals surface area contributed by atoms with Crippen LogP contribution in [0.1, 0.15) is 25.3 Å². The zero-order valence-corrected chi connectivity index (χ0v) is 11.4. The van der Waals surface area contributed by atoms with Gasteiger partial charge in [-0.1, -0.05) is 19.1 Å². The smallest absolute Gasteiger partial charge is 0.144 e. The third kappa shape index (κ3) is 1.51. The zero-order chi connectivity index (χ0) is 11.1. The molecule has 0 amide bonds. The molecule has 82 valence electrons. The van der Waals surface area contributed by atoms with Crippen LogP contribution in [0.5, 0.6) is 0 Å². The number of halogens is 1. The summed E-state index contributed by atoms with van der Waals surface area (Å²) in [4.78, 5) is 0. The molecule has 0 radical (unpaired) electrons. The maximum absolute atomic E-state index is 5.93. The summed E-state index contributed by atoms with van der Waals surface area (Å²) in [5.74, 6) is 0. The quantitative estimate of drug-likeness (QED) is 0.735. The van der Waals surface area contributed by atoms with Gasteiger partial charge in [-0.15, -0.1) is 0 Å². The Morgan fingerprint density at radius 2 is 2.25 bits per heavy atom. The van der Waals surface area contributed by atoms with Crippen molar-refractivity contribution in [1.82, 2.24) is 0 Å². The fraction of sp³-hybridized carbons (Fsp3) is 0.286. The van der Waals surface area contributed by atoms with Gasteiger partial charge in [0.1, 0.15) is 11.0 Å². The summed E-state index contributed by atoms with van der Waals surface area (Å²) in [6, 6.07) is 6.53. The van der Waals surface area contributed by atoms with Crippen molar-refractivity contribution in [2.75, 3.05) is 0 Å². The molecule has 0 bridgehead atoms. The molecule has 16 heavy (non-hydrogen) atoms. The molecular weight excluding hydrogens is 311 g/mol. The van der Waals surface area contributed by atoms with Gasteiger partial charge in [-0.2, -0.15) is 0 Å². The molecule has 1 heterocycles. The van der Waals surface area contributed by atoms with Crippen molar-refractivity contribution < 1.29 is 4.42 Å². The Kier molecular flexibility index (Phi) is 2.54. The van der Waals surface area contributed by atoms with Crippen LogP contribution in [-0.2, 0) is 6.42 Å². The summed E-state index contributed by atoms with van der Waals surface area (Å²) in [5.41, 5.74) is 3.50. The van der Waals surface area contributed by atoms with E-state index in [1.807, 2.05) is 0 Å². The van der Waals surface area contributed by atoms with Gasteiger partial charge in [0.2, 0.25) is 0 Å². The molecule has 0 unspecified atom stereocenters. The molecule has 0 aliphatic heterocycles. The summed E-state index contributed by atoms with van der Waals surface area (Å²) >= 11 is 2.40. The molecule has 1 nitrogen and oxygen atoms in total. The summed E-state index contributed by atoms with van der Waals surface area (Å²) < 4.78 is 7.28. The fourth-order valence-electron chi connectivity index (χ4n) is 2.24. The lowest BCUT2D eigenvalue weighted by atomic mass is 10.1. The van der Waals surface area contributed by atoms with E-state index in [1.165, 1.54) is 19.7 Å².